The van der Waals surface area contributed by atoms with Gasteiger partial charge in [-0.15, -0.1) is 0 Å². The summed E-state index contributed by atoms with van der Waals surface area (Å²) < 4.78 is 5.88. The van der Waals surface area contributed by atoms with E-state index >= 15 is 0 Å². The summed E-state index contributed by atoms with van der Waals surface area (Å²) in [7, 11) is 0. The number of carboxylic acids is 1. The summed E-state index contributed by atoms with van der Waals surface area (Å²) in [4.78, 5) is 11.8. The fourth-order valence-electron chi connectivity index (χ4n) is 3.07. The highest BCUT2D eigenvalue weighted by atomic mass is 35.5. The molecule has 2 fully saturated rings. The zero-order chi connectivity index (χ0) is 14.2. The van der Waals surface area contributed by atoms with E-state index in [1.165, 1.54) is 12.8 Å². The Morgan fingerprint density at radius 2 is 2.05 bits per heavy atom. The van der Waals surface area contributed by atoms with Crippen LogP contribution < -0.4 is 4.74 Å². The lowest BCUT2D eigenvalue weighted by Gasteiger charge is -2.27. The van der Waals surface area contributed by atoms with E-state index in [4.69, 9.17) is 16.3 Å². The number of hydrogen-bond acceptors (Lipinski definition) is 2. The molecule has 0 unspecified atom stereocenters. The molecule has 2 aliphatic rings. The molecule has 108 valence electrons. The first-order chi connectivity index (χ1) is 9.62. The summed E-state index contributed by atoms with van der Waals surface area (Å²) in [6.45, 7) is 0.685. The lowest BCUT2D eigenvalue weighted by Crippen LogP contribution is -2.33. The minimum absolute atomic E-state index is 0.575. The van der Waals surface area contributed by atoms with E-state index in [1.807, 2.05) is 6.07 Å². The van der Waals surface area contributed by atoms with Gasteiger partial charge in [-0.2, -0.15) is 0 Å². The van der Waals surface area contributed by atoms with Gasteiger partial charge in [-0.05, 0) is 49.8 Å². The molecule has 1 N–H and O–H groups in total. The van der Waals surface area contributed by atoms with Crippen LogP contribution in [0.3, 0.4) is 0 Å². The van der Waals surface area contributed by atoms with E-state index in [0.717, 1.165) is 18.4 Å². The van der Waals surface area contributed by atoms with Crippen LogP contribution in [-0.4, -0.2) is 17.7 Å². The molecule has 0 heterocycles. The van der Waals surface area contributed by atoms with Crippen LogP contribution >= 0.6 is 11.6 Å². The average Bonchev–Trinajstić information content (AvgIpc) is 3.11. The van der Waals surface area contributed by atoms with Crippen molar-refractivity contribution < 1.29 is 14.6 Å². The molecule has 0 amide bonds. The van der Waals surface area contributed by atoms with Crippen molar-refractivity contribution >= 4 is 17.6 Å². The summed E-state index contributed by atoms with van der Waals surface area (Å²) in [5.41, 5.74) is -0.0558. The van der Waals surface area contributed by atoms with E-state index in [2.05, 4.69) is 0 Å². The predicted molar refractivity (Wildman–Crippen MR) is 77.5 cm³/mol. The van der Waals surface area contributed by atoms with Gasteiger partial charge in [-0.1, -0.05) is 24.4 Å². The minimum atomic E-state index is -0.816. The van der Waals surface area contributed by atoms with Crippen molar-refractivity contribution in [2.75, 3.05) is 6.61 Å². The molecule has 2 saturated carbocycles. The molecule has 3 rings (SSSR count). The second-order valence-corrected chi connectivity index (χ2v) is 6.43. The van der Waals surface area contributed by atoms with Crippen molar-refractivity contribution in [2.24, 2.45) is 5.92 Å². The van der Waals surface area contributed by atoms with Crippen molar-refractivity contribution in [1.82, 2.24) is 0 Å². The van der Waals surface area contributed by atoms with Gasteiger partial charge in [0.2, 0.25) is 0 Å². The van der Waals surface area contributed by atoms with E-state index < -0.39 is 11.4 Å². The number of hydrogen-bond donors (Lipinski definition) is 1. The molecule has 0 aliphatic heterocycles. The van der Waals surface area contributed by atoms with Gasteiger partial charge in [-0.3, -0.25) is 4.79 Å². The zero-order valence-electron chi connectivity index (χ0n) is 11.4. The van der Waals surface area contributed by atoms with Crippen molar-refractivity contribution in [3.05, 3.63) is 28.8 Å². The third kappa shape index (κ3) is 2.51. The number of carboxylic acid groups (broad SMARTS) is 1. The fourth-order valence-corrected chi connectivity index (χ4v) is 3.24. The van der Waals surface area contributed by atoms with Crippen molar-refractivity contribution in [3.63, 3.8) is 0 Å². The average molecular weight is 295 g/mol. The predicted octanol–water partition coefficient (Wildman–Crippen LogP) is 4.03. The Hall–Kier alpha value is -1.22. The Morgan fingerprint density at radius 1 is 1.35 bits per heavy atom. The highest BCUT2D eigenvalue weighted by Crippen LogP contribution is 2.46. The van der Waals surface area contributed by atoms with Gasteiger partial charge in [0, 0.05) is 10.6 Å². The highest BCUT2D eigenvalue weighted by Gasteiger charge is 2.45. The monoisotopic (exact) mass is 294 g/mol. The van der Waals surface area contributed by atoms with Gasteiger partial charge in [0.15, 0.2) is 0 Å². The largest absolute Gasteiger partial charge is 0.493 e. The molecule has 0 bridgehead atoms. The first-order valence-corrected chi connectivity index (χ1v) is 7.66. The van der Waals surface area contributed by atoms with Crippen molar-refractivity contribution in [3.8, 4) is 5.75 Å². The maximum Gasteiger partial charge on any atom is 0.314 e. The Balaban J connectivity index is 1.96. The molecule has 0 saturated heterocycles. The molecule has 4 heteroatoms. The fraction of sp³-hybridized carbons (Fsp3) is 0.562. The maximum absolute atomic E-state index is 11.8. The van der Waals surface area contributed by atoms with Gasteiger partial charge < -0.3 is 9.84 Å². The number of halogens is 1. The third-order valence-corrected chi connectivity index (χ3v) is 4.73. The van der Waals surface area contributed by atoms with Gasteiger partial charge in [0.25, 0.3) is 0 Å². The summed E-state index contributed by atoms with van der Waals surface area (Å²) in [6.07, 6.45) is 5.66. The standard InChI is InChI=1S/C16H19ClO3/c17-12-5-6-14(20-10-11-3-4-11)13(9-12)16(15(18)19)7-1-2-8-16/h5-6,9,11H,1-4,7-8,10H2,(H,18,19). The van der Waals surface area contributed by atoms with Crippen LogP contribution in [0.25, 0.3) is 0 Å². The Kier molecular flexibility index (Phi) is 3.63. The Morgan fingerprint density at radius 3 is 2.65 bits per heavy atom. The first-order valence-electron chi connectivity index (χ1n) is 7.28. The quantitative estimate of drug-likeness (QED) is 0.892. The summed E-state index contributed by atoms with van der Waals surface area (Å²) in [5, 5.41) is 10.3. The molecule has 1 aromatic carbocycles. The van der Waals surface area contributed by atoms with E-state index in [-0.39, 0.29) is 0 Å². The van der Waals surface area contributed by atoms with Crippen LogP contribution in [0.4, 0.5) is 0 Å². The van der Waals surface area contributed by atoms with Gasteiger partial charge in [-0.25, -0.2) is 0 Å². The van der Waals surface area contributed by atoms with E-state index in [9.17, 15) is 9.90 Å². The number of rotatable bonds is 5. The van der Waals surface area contributed by atoms with Crippen LogP contribution in [-0.2, 0) is 10.2 Å². The molecule has 0 radical (unpaired) electrons. The second-order valence-electron chi connectivity index (χ2n) is 5.99. The zero-order valence-corrected chi connectivity index (χ0v) is 12.2. The minimum Gasteiger partial charge on any atom is -0.493 e. The number of ether oxygens (including phenoxy) is 1. The van der Waals surface area contributed by atoms with Crippen LogP contribution in [0, 0.1) is 5.92 Å². The van der Waals surface area contributed by atoms with Crippen LogP contribution in [0.15, 0.2) is 18.2 Å². The topological polar surface area (TPSA) is 46.5 Å². The van der Waals surface area contributed by atoms with Crippen molar-refractivity contribution in [1.29, 1.82) is 0 Å². The van der Waals surface area contributed by atoms with Crippen LogP contribution in [0.2, 0.25) is 5.02 Å². The van der Waals surface area contributed by atoms with Crippen molar-refractivity contribution in [2.45, 2.75) is 43.9 Å². The number of aliphatic carboxylic acids is 1. The Labute approximate surface area is 123 Å². The van der Waals surface area contributed by atoms with Crippen LogP contribution in [0.1, 0.15) is 44.1 Å². The molecule has 0 spiro atoms. The molecule has 0 atom stereocenters. The molecular formula is C16H19ClO3. The third-order valence-electron chi connectivity index (χ3n) is 4.50. The maximum atomic E-state index is 11.8. The van der Waals surface area contributed by atoms with E-state index in [0.29, 0.717) is 36.1 Å². The Bertz CT molecular complexity index is 516. The smallest absolute Gasteiger partial charge is 0.314 e. The van der Waals surface area contributed by atoms with Gasteiger partial charge in [0.05, 0.1) is 12.0 Å². The normalized spacial score (nSPS) is 20.9. The summed E-state index contributed by atoms with van der Waals surface area (Å²) >= 11 is 6.09. The van der Waals surface area contributed by atoms with Gasteiger partial charge >= 0.3 is 5.97 Å². The molecule has 0 aromatic heterocycles. The number of carbonyl (C=O) groups is 1. The molecule has 2 aliphatic carbocycles. The lowest BCUT2D eigenvalue weighted by atomic mass is 9.78. The molecule has 1 aromatic rings. The second kappa shape index (κ2) is 5.28. The molecule has 20 heavy (non-hydrogen) atoms. The SMILES string of the molecule is O=C(O)C1(c2cc(Cl)ccc2OCC2CC2)CCCC1. The molecular weight excluding hydrogens is 276 g/mol. The first kappa shape index (κ1) is 13.7. The lowest BCUT2D eigenvalue weighted by molar-refractivity contribution is -0.143. The summed E-state index contributed by atoms with van der Waals surface area (Å²) in [5.74, 6) is 0.585. The number of benzene rings is 1. The summed E-state index contributed by atoms with van der Waals surface area (Å²) in [6, 6.07) is 5.38. The van der Waals surface area contributed by atoms with E-state index in [1.54, 1.807) is 12.1 Å². The molecule has 3 nitrogen and oxygen atoms in total. The van der Waals surface area contributed by atoms with Gasteiger partial charge in [0.1, 0.15) is 5.75 Å². The highest BCUT2D eigenvalue weighted by molar-refractivity contribution is 6.30. The van der Waals surface area contributed by atoms with Crippen LogP contribution in [0.5, 0.6) is 5.75 Å².